The largest absolute Gasteiger partial charge is 0.488 e. The SMILES string of the molecule is Cc1cc(O[C@H]2CCN(C(=O)c3ccco3)C2)cc(=O)o1. The highest BCUT2D eigenvalue weighted by atomic mass is 16.5. The number of ether oxygens (including phenoxy) is 1. The molecule has 0 bridgehead atoms. The minimum atomic E-state index is -0.438. The molecule has 0 saturated carbocycles. The maximum Gasteiger partial charge on any atom is 0.339 e. The molecule has 6 nitrogen and oxygen atoms in total. The molecule has 0 N–H and O–H groups in total. The highest BCUT2D eigenvalue weighted by molar-refractivity contribution is 5.91. The molecule has 110 valence electrons. The van der Waals surface area contributed by atoms with Crippen molar-refractivity contribution in [2.24, 2.45) is 0 Å². The van der Waals surface area contributed by atoms with Crippen LogP contribution in [0.3, 0.4) is 0 Å². The molecule has 21 heavy (non-hydrogen) atoms. The minimum Gasteiger partial charge on any atom is -0.488 e. The summed E-state index contributed by atoms with van der Waals surface area (Å²) in [4.78, 5) is 25.1. The maximum absolute atomic E-state index is 12.1. The molecule has 3 heterocycles. The fraction of sp³-hybridized carbons (Fsp3) is 0.333. The van der Waals surface area contributed by atoms with Crippen molar-refractivity contribution in [2.75, 3.05) is 13.1 Å². The van der Waals surface area contributed by atoms with Crippen molar-refractivity contribution in [1.29, 1.82) is 0 Å². The van der Waals surface area contributed by atoms with Crippen molar-refractivity contribution in [3.63, 3.8) is 0 Å². The zero-order valence-corrected chi connectivity index (χ0v) is 11.6. The van der Waals surface area contributed by atoms with Crippen molar-refractivity contribution in [3.8, 4) is 5.75 Å². The number of aryl methyl sites for hydroxylation is 1. The molecule has 2 aromatic heterocycles. The Kier molecular flexibility index (Phi) is 3.51. The van der Waals surface area contributed by atoms with E-state index in [1.54, 1.807) is 30.0 Å². The van der Waals surface area contributed by atoms with Crippen molar-refractivity contribution < 1.29 is 18.4 Å². The van der Waals surface area contributed by atoms with Crippen LogP contribution >= 0.6 is 0 Å². The second-order valence-corrected chi connectivity index (χ2v) is 4.98. The van der Waals surface area contributed by atoms with Crippen LogP contribution in [0.1, 0.15) is 22.7 Å². The van der Waals surface area contributed by atoms with Gasteiger partial charge in [0.2, 0.25) is 0 Å². The lowest BCUT2D eigenvalue weighted by Crippen LogP contribution is -2.30. The first-order valence-electron chi connectivity index (χ1n) is 6.73. The molecular weight excluding hydrogens is 274 g/mol. The maximum atomic E-state index is 12.1. The van der Waals surface area contributed by atoms with Crippen LogP contribution in [0.4, 0.5) is 0 Å². The summed E-state index contributed by atoms with van der Waals surface area (Å²) in [6.07, 6.45) is 2.06. The lowest BCUT2D eigenvalue weighted by Gasteiger charge is -2.16. The van der Waals surface area contributed by atoms with Gasteiger partial charge in [0.05, 0.1) is 18.9 Å². The van der Waals surface area contributed by atoms with E-state index in [9.17, 15) is 9.59 Å². The van der Waals surface area contributed by atoms with E-state index in [1.165, 1.54) is 12.3 Å². The van der Waals surface area contributed by atoms with Crippen molar-refractivity contribution in [3.05, 3.63) is 52.5 Å². The molecule has 1 amide bonds. The Hall–Kier alpha value is -2.50. The molecule has 0 aliphatic carbocycles. The number of carbonyl (C=O) groups excluding carboxylic acids is 1. The Morgan fingerprint density at radius 1 is 1.43 bits per heavy atom. The van der Waals surface area contributed by atoms with Gasteiger partial charge in [-0.25, -0.2) is 4.79 Å². The molecule has 1 fully saturated rings. The zero-order chi connectivity index (χ0) is 14.8. The van der Waals surface area contributed by atoms with Gasteiger partial charge in [0.1, 0.15) is 17.6 Å². The zero-order valence-electron chi connectivity index (χ0n) is 11.6. The Labute approximate surface area is 120 Å². The number of nitrogens with zero attached hydrogens (tertiary/aromatic N) is 1. The van der Waals surface area contributed by atoms with Crippen LogP contribution in [-0.2, 0) is 0 Å². The van der Waals surface area contributed by atoms with Gasteiger partial charge in [0.25, 0.3) is 5.91 Å². The van der Waals surface area contributed by atoms with Gasteiger partial charge in [-0.2, -0.15) is 0 Å². The number of carbonyl (C=O) groups is 1. The Balaban J connectivity index is 1.64. The standard InChI is InChI=1S/C15H15NO5/c1-10-7-12(8-14(17)20-10)21-11-4-5-16(9-11)15(18)13-3-2-6-19-13/h2-3,6-8,11H,4-5,9H2,1H3/t11-/m0/s1. The van der Waals surface area contributed by atoms with Crippen LogP contribution in [0.15, 0.2) is 44.2 Å². The lowest BCUT2D eigenvalue weighted by molar-refractivity contribution is 0.0741. The summed E-state index contributed by atoms with van der Waals surface area (Å²) in [6, 6.07) is 6.30. The molecule has 2 aromatic rings. The van der Waals surface area contributed by atoms with E-state index in [0.717, 1.165) is 0 Å². The normalized spacial score (nSPS) is 18.0. The third-order valence-electron chi connectivity index (χ3n) is 3.33. The summed E-state index contributed by atoms with van der Waals surface area (Å²) in [5, 5.41) is 0. The van der Waals surface area contributed by atoms with Crippen molar-refractivity contribution in [1.82, 2.24) is 4.90 Å². The molecule has 3 rings (SSSR count). The van der Waals surface area contributed by atoms with E-state index in [4.69, 9.17) is 13.6 Å². The fourth-order valence-corrected chi connectivity index (χ4v) is 2.40. The van der Waals surface area contributed by atoms with Crippen LogP contribution < -0.4 is 10.4 Å². The van der Waals surface area contributed by atoms with Gasteiger partial charge in [-0.15, -0.1) is 0 Å². The first kappa shape index (κ1) is 13.5. The lowest BCUT2D eigenvalue weighted by atomic mass is 10.3. The third kappa shape index (κ3) is 2.99. The number of hydrogen-bond donors (Lipinski definition) is 0. The van der Waals surface area contributed by atoms with Gasteiger partial charge in [0, 0.05) is 19.0 Å². The van der Waals surface area contributed by atoms with Crippen LogP contribution in [-0.4, -0.2) is 30.0 Å². The van der Waals surface area contributed by atoms with E-state index < -0.39 is 5.63 Å². The molecule has 6 heteroatoms. The van der Waals surface area contributed by atoms with E-state index >= 15 is 0 Å². The molecule has 1 atom stereocenters. The number of amides is 1. The van der Waals surface area contributed by atoms with Gasteiger partial charge < -0.3 is 18.5 Å². The van der Waals surface area contributed by atoms with Gasteiger partial charge >= 0.3 is 5.63 Å². The quantitative estimate of drug-likeness (QED) is 0.862. The predicted molar refractivity (Wildman–Crippen MR) is 73.4 cm³/mol. The summed E-state index contributed by atoms with van der Waals surface area (Å²) in [6.45, 7) is 2.76. The molecule has 0 radical (unpaired) electrons. The molecule has 1 aliphatic heterocycles. The van der Waals surface area contributed by atoms with Crippen LogP contribution in [0.25, 0.3) is 0 Å². The van der Waals surface area contributed by atoms with Crippen molar-refractivity contribution in [2.45, 2.75) is 19.4 Å². The smallest absolute Gasteiger partial charge is 0.339 e. The highest BCUT2D eigenvalue weighted by Crippen LogP contribution is 2.19. The minimum absolute atomic E-state index is 0.134. The number of rotatable bonds is 3. The second-order valence-electron chi connectivity index (χ2n) is 4.98. The Morgan fingerprint density at radius 2 is 2.29 bits per heavy atom. The molecule has 0 spiro atoms. The Morgan fingerprint density at radius 3 is 3.00 bits per heavy atom. The summed E-state index contributed by atoms with van der Waals surface area (Å²) in [5.41, 5.74) is -0.438. The van der Waals surface area contributed by atoms with Gasteiger partial charge in [-0.3, -0.25) is 4.79 Å². The topological polar surface area (TPSA) is 72.9 Å². The molecule has 0 aromatic carbocycles. The van der Waals surface area contributed by atoms with Crippen molar-refractivity contribution >= 4 is 5.91 Å². The highest BCUT2D eigenvalue weighted by Gasteiger charge is 2.29. The van der Waals surface area contributed by atoms with Crippen LogP contribution in [0.5, 0.6) is 5.75 Å². The average molecular weight is 289 g/mol. The van der Waals surface area contributed by atoms with Gasteiger partial charge in [-0.05, 0) is 19.1 Å². The molecular formula is C15H15NO5. The fourth-order valence-electron chi connectivity index (χ4n) is 2.40. The molecule has 0 unspecified atom stereocenters. The first-order valence-corrected chi connectivity index (χ1v) is 6.73. The van der Waals surface area contributed by atoms with E-state index in [-0.39, 0.29) is 12.0 Å². The van der Waals surface area contributed by atoms with Gasteiger partial charge in [-0.1, -0.05) is 0 Å². The Bertz CT molecular complexity index is 688. The molecule has 1 aliphatic rings. The summed E-state index contributed by atoms with van der Waals surface area (Å²) >= 11 is 0. The summed E-state index contributed by atoms with van der Waals surface area (Å²) < 4.78 is 15.7. The average Bonchev–Trinajstić information content (AvgIpc) is 3.07. The molecule has 1 saturated heterocycles. The number of hydrogen-bond acceptors (Lipinski definition) is 5. The van der Waals surface area contributed by atoms with E-state index in [1.807, 2.05) is 0 Å². The van der Waals surface area contributed by atoms with Crippen LogP contribution in [0, 0.1) is 6.92 Å². The van der Waals surface area contributed by atoms with E-state index in [2.05, 4.69) is 0 Å². The number of furan rings is 1. The predicted octanol–water partition coefficient (Wildman–Crippen LogP) is 1.83. The summed E-state index contributed by atoms with van der Waals surface area (Å²) in [7, 11) is 0. The second kappa shape index (κ2) is 5.47. The monoisotopic (exact) mass is 289 g/mol. The summed E-state index contributed by atoms with van der Waals surface area (Å²) in [5.74, 6) is 1.15. The first-order chi connectivity index (χ1) is 10.1. The van der Waals surface area contributed by atoms with Crippen LogP contribution in [0.2, 0.25) is 0 Å². The van der Waals surface area contributed by atoms with Gasteiger partial charge in [0.15, 0.2) is 5.76 Å². The van der Waals surface area contributed by atoms with E-state index in [0.29, 0.717) is 36.8 Å². The number of likely N-dealkylation sites (tertiary alicyclic amines) is 1. The third-order valence-corrected chi connectivity index (χ3v) is 3.33.